The van der Waals surface area contributed by atoms with Gasteiger partial charge >= 0.3 is 5.97 Å². The number of alkyl halides is 1. The van der Waals surface area contributed by atoms with Gasteiger partial charge in [0.1, 0.15) is 0 Å². The number of carbonyl (C=O) groups is 3. The van der Waals surface area contributed by atoms with Crippen molar-refractivity contribution in [3.05, 3.63) is 29.8 Å². The van der Waals surface area contributed by atoms with Crippen molar-refractivity contribution in [3.63, 3.8) is 0 Å². The molecule has 5 nitrogen and oxygen atoms in total. The minimum atomic E-state index is -0.500. The van der Waals surface area contributed by atoms with Gasteiger partial charge in [-0.3, -0.25) is 14.4 Å². The number of carbonyl (C=O) groups excluding carboxylic acids is 3. The van der Waals surface area contributed by atoms with Crippen LogP contribution in [0.25, 0.3) is 0 Å². The number of halogens is 1. The number of ether oxygens (including phenoxy) is 1. The number of amides is 1. The Balaban J connectivity index is 1.36. The molecule has 4 fully saturated rings. The molecule has 150 valence electrons. The highest BCUT2D eigenvalue weighted by molar-refractivity contribution is 6.24. The predicted molar refractivity (Wildman–Crippen MR) is 106 cm³/mol. The molecule has 4 saturated carbocycles. The van der Waals surface area contributed by atoms with Crippen LogP contribution in [0.4, 0.5) is 5.69 Å². The molecule has 0 aliphatic heterocycles. The number of hydrogen-bond donors (Lipinski definition) is 1. The van der Waals surface area contributed by atoms with Crippen molar-refractivity contribution in [2.24, 2.45) is 17.3 Å². The lowest BCUT2D eigenvalue weighted by atomic mass is 9.49. The summed E-state index contributed by atoms with van der Waals surface area (Å²) in [6.07, 6.45) is 5.92. The second-order valence-electron chi connectivity index (χ2n) is 8.87. The van der Waals surface area contributed by atoms with Crippen molar-refractivity contribution >= 4 is 34.9 Å². The van der Waals surface area contributed by atoms with Gasteiger partial charge in [0.15, 0.2) is 12.4 Å². The zero-order valence-corrected chi connectivity index (χ0v) is 16.9. The van der Waals surface area contributed by atoms with Crippen molar-refractivity contribution in [2.75, 3.05) is 11.9 Å². The SMILES string of the molecule is CCC(=O)Nc1ccc(C(=O)COC(=O)C23C[C@@H]4C[C@@H](CC(Cl)(C4)C2)C3)cc1. The third-order valence-corrected chi connectivity index (χ3v) is 7.01. The number of benzene rings is 1. The maximum Gasteiger partial charge on any atom is 0.312 e. The molecular weight excluding hydrogens is 378 g/mol. The highest BCUT2D eigenvalue weighted by atomic mass is 35.5. The standard InChI is InChI=1S/C22H26ClNO4/c1-2-19(26)24-17-5-3-16(4-6-17)18(25)12-28-20(27)21-8-14-7-15(9-21)11-22(23,10-14)13-21/h3-6,14-15H,2,7-13H2,1H3,(H,24,26)/t14-,15+,21?,22?. The van der Waals surface area contributed by atoms with Gasteiger partial charge in [0.25, 0.3) is 0 Å². The Morgan fingerprint density at radius 2 is 1.75 bits per heavy atom. The summed E-state index contributed by atoms with van der Waals surface area (Å²) in [5, 5.41) is 2.74. The summed E-state index contributed by atoms with van der Waals surface area (Å²) in [7, 11) is 0. The molecule has 28 heavy (non-hydrogen) atoms. The predicted octanol–water partition coefficient (Wildman–Crippen LogP) is 4.34. The maximum absolute atomic E-state index is 12.9. The second kappa shape index (κ2) is 7.18. The quantitative estimate of drug-likeness (QED) is 0.435. The van der Waals surface area contributed by atoms with Crippen LogP contribution in [0.3, 0.4) is 0 Å². The second-order valence-corrected chi connectivity index (χ2v) is 9.67. The zero-order chi connectivity index (χ0) is 19.9. The van der Waals surface area contributed by atoms with Crippen LogP contribution < -0.4 is 5.32 Å². The Kier molecular flexibility index (Phi) is 4.98. The number of nitrogens with one attached hydrogen (secondary N) is 1. The van der Waals surface area contributed by atoms with Crippen molar-refractivity contribution < 1.29 is 19.1 Å². The van der Waals surface area contributed by atoms with Crippen LogP contribution in [0.1, 0.15) is 62.2 Å². The summed E-state index contributed by atoms with van der Waals surface area (Å²) >= 11 is 6.78. The molecule has 1 aromatic rings. The van der Waals surface area contributed by atoms with Gasteiger partial charge in [-0.1, -0.05) is 6.92 Å². The summed E-state index contributed by atoms with van der Waals surface area (Å²) < 4.78 is 5.48. The zero-order valence-electron chi connectivity index (χ0n) is 16.1. The smallest absolute Gasteiger partial charge is 0.312 e. The first-order chi connectivity index (χ1) is 13.3. The lowest BCUT2D eigenvalue weighted by molar-refractivity contribution is -0.168. The summed E-state index contributed by atoms with van der Waals surface area (Å²) in [6.45, 7) is 1.52. The van der Waals surface area contributed by atoms with E-state index >= 15 is 0 Å². The van der Waals surface area contributed by atoms with Crippen LogP contribution in [0, 0.1) is 17.3 Å². The molecule has 1 amide bonds. The van der Waals surface area contributed by atoms with Crippen LogP contribution >= 0.6 is 11.6 Å². The van der Waals surface area contributed by atoms with Gasteiger partial charge in [-0.15, -0.1) is 11.6 Å². The number of rotatable bonds is 6. The van der Waals surface area contributed by atoms with E-state index in [1.807, 2.05) is 0 Å². The molecule has 0 radical (unpaired) electrons. The lowest BCUT2D eigenvalue weighted by Crippen LogP contribution is -2.56. The Morgan fingerprint density at radius 1 is 1.11 bits per heavy atom. The Morgan fingerprint density at radius 3 is 2.32 bits per heavy atom. The first kappa shape index (κ1) is 19.4. The number of hydrogen-bond acceptors (Lipinski definition) is 4. The Bertz CT molecular complexity index is 789. The van der Waals surface area contributed by atoms with Crippen molar-refractivity contribution in [1.82, 2.24) is 0 Å². The largest absolute Gasteiger partial charge is 0.457 e. The molecule has 4 bridgehead atoms. The number of anilines is 1. The molecule has 5 rings (SSSR count). The van der Waals surface area contributed by atoms with Crippen LogP contribution in [-0.2, 0) is 14.3 Å². The first-order valence-electron chi connectivity index (χ1n) is 10.1. The topological polar surface area (TPSA) is 72.5 Å². The van der Waals surface area contributed by atoms with E-state index in [1.54, 1.807) is 31.2 Å². The fraction of sp³-hybridized carbons (Fsp3) is 0.591. The molecule has 6 heteroatoms. The molecular formula is C22H26ClNO4. The molecule has 4 atom stereocenters. The summed E-state index contributed by atoms with van der Waals surface area (Å²) in [5.41, 5.74) is 0.600. The van der Waals surface area contributed by atoms with E-state index in [4.69, 9.17) is 16.3 Å². The average Bonchev–Trinajstić information content (AvgIpc) is 2.64. The first-order valence-corrected chi connectivity index (χ1v) is 10.5. The Hall–Kier alpha value is -1.88. The monoisotopic (exact) mass is 403 g/mol. The van der Waals surface area contributed by atoms with Crippen molar-refractivity contribution in [3.8, 4) is 0 Å². The minimum absolute atomic E-state index is 0.0827. The van der Waals surface area contributed by atoms with Gasteiger partial charge in [0, 0.05) is 22.5 Å². The number of esters is 1. The van der Waals surface area contributed by atoms with E-state index in [0.717, 1.165) is 25.7 Å². The van der Waals surface area contributed by atoms with Gasteiger partial charge in [-0.25, -0.2) is 0 Å². The van der Waals surface area contributed by atoms with E-state index in [1.165, 1.54) is 6.42 Å². The minimum Gasteiger partial charge on any atom is -0.457 e. The summed E-state index contributed by atoms with van der Waals surface area (Å²) in [4.78, 5) is 36.5. The molecule has 0 aromatic heterocycles. The van der Waals surface area contributed by atoms with Crippen molar-refractivity contribution in [1.29, 1.82) is 0 Å². The average molecular weight is 404 g/mol. The molecule has 1 N–H and O–H groups in total. The van der Waals surface area contributed by atoms with Gasteiger partial charge in [-0.2, -0.15) is 0 Å². The fourth-order valence-electron chi connectivity index (χ4n) is 5.75. The molecule has 0 heterocycles. The highest BCUT2D eigenvalue weighted by Crippen LogP contribution is 2.64. The van der Waals surface area contributed by atoms with Crippen LogP contribution in [0.5, 0.6) is 0 Å². The maximum atomic E-state index is 12.9. The van der Waals surface area contributed by atoms with E-state index in [9.17, 15) is 14.4 Å². The van der Waals surface area contributed by atoms with Gasteiger partial charge in [-0.05, 0) is 74.6 Å². The van der Waals surface area contributed by atoms with Gasteiger partial charge in [0.05, 0.1) is 5.41 Å². The van der Waals surface area contributed by atoms with E-state index in [0.29, 0.717) is 35.9 Å². The van der Waals surface area contributed by atoms with Crippen LogP contribution in [0.15, 0.2) is 24.3 Å². The van der Waals surface area contributed by atoms with Crippen molar-refractivity contribution in [2.45, 2.75) is 56.7 Å². The third-order valence-electron chi connectivity index (χ3n) is 6.57. The van der Waals surface area contributed by atoms with E-state index < -0.39 is 5.41 Å². The molecule has 4 aliphatic carbocycles. The summed E-state index contributed by atoms with van der Waals surface area (Å²) in [6, 6.07) is 6.64. The fourth-order valence-corrected chi connectivity index (χ4v) is 6.44. The Labute approximate surface area is 170 Å². The molecule has 1 aromatic carbocycles. The molecule has 4 aliphatic rings. The number of ketones is 1. The molecule has 2 unspecified atom stereocenters. The van der Waals surface area contributed by atoms with Gasteiger partial charge < -0.3 is 10.1 Å². The summed E-state index contributed by atoms with van der Waals surface area (Å²) in [5.74, 6) is 0.431. The highest BCUT2D eigenvalue weighted by Gasteiger charge is 2.60. The molecule has 0 saturated heterocycles. The van der Waals surface area contributed by atoms with E-state index in [2.05, 4.69) is 5.32 Å². The van der Waals surface area contributed by atoms with E-state index in [-0.39, 0.29) is 29.1 Å². The lowest BCUT2D eigenvalue weighted by Gasteiger charge is -2.58. The normalized spacial score (nSPS) is 32.8. The van der Waals surface area contributed by atoms with Gasteiger partial charge in [0.2, 0.25) is 5.91 Å². The van der Waals surface area contributed by atoms with Crippen LogP contribution in [0.2, 0.25) is 0 Å². The number of Topliss-reactive ketones (excluding diaryl/α,β-unsaturated/α-hetero) is 1. The third kappa shape index (κ3) is 3.69. The van der Waals surface area contributed by atoms with Crippen LogP contribution in [-0.4, -0.2) is 29.1 Å². The molecule has 0 spiro atoms.